The molecule has 2 aromatic rings. The Bertz CT molecular complexity index is 689. The fraction of sp³-hybridized carbons (Fsp3) is 0.333. The van der Waals surface area contributed by atoms with Crippen molar-refractivity contribution in [3.8, 4) is 0 Å². The van der Waals surface area contributed by atoms with Crippen molar-refractivity contribution < 1.29 is 4.79 Å². The summed E-state index contributed by atoms with van der Waals surface area (Å²) in [5, 5.41) is 3.06. The lowest BCUT2D eigenvalue weighted by atomic mass is 9.98. The van der Waals surface area contributed by atoms with Gasteiger partial charge in [0, 0.05) is 15.1 Å². The van der Waals surface area contributed by atoms with Crippen LogP contribution in [0.15, 0.2) is 45.5 Å². The number of hydrogen-bond donors (Lipinski definition) is 1. The number of carbonyl (C=O) groups is 1. The van der Waals surface area contributed by atoms with Crippen molar-refractivity contribution in [1.82, 2.24) is 10.3 Å². The Labute approximate surface area is 154 Å². The molecule has 0 saturated heterocycles. The maximum Gasteiger partial charge on any atom is 0.254 e. The second kappa shape index (κ2) is 7.14. The highest BCUT2D eigenvalue weighted by Crippen LogP contribution is 2.31. The highest BCUT2D eigenvalue weighted by Gasteiger charge is 2.26. The largest absolute Gasteiger partial charge is 0.341 e. The average molecular weight is 440 g/mol. The molecule has 0 saturated carbocycles. The van der Waals surface area contributed by atoms with E-state index >= 15 is 0 Å². The molecule has 1 heterocycles. The minimum Gasteiger partial charge on any atom is -0.341 e. The third kappa shape index (κ3) is 4.21. The summed E-state index contributed by atoms with van der Waals surface area (Å²) in [4.78, 5) is 17.1. The first-order valence-corrected chi connectivity index (χ1v) is 9.04. The van der Waals surface area contributed by atoms with E-state index in [1.54, 1.807) is 6.20 Å². The summed E-state index contributed by atoms with van der Waals surface area (Å²) in [5.74, 6) is 0.249. The number of rotatable bonds is 4. The van der Waals surface area contributed by atoms with Crippen molar-refractivity contribution in [2.75, 3.05) is 0 Å². The van der Waals surface area contributed by atoms with Crippen LogP contribution in [0.25, 0.3) is 0 Å². The third-order valence-electron chi connectivity index (χ3n) is 3.69. The molecule has 23 heavy (non-hydrogen) atoms. The zero-order chi connectivity index (χ0) is 17.2. The van der Waals surface area contributed by atoms with Crippen LogP contribution in [0.2, 0.25) is 0 Å². The standard InChI is InChI=1S/C18H20Br2N2O/c1-11(2)12-9-13(19)16(14(20)10-12)17(23)22-18(3,4)15-7-5-6-8-21-15/h5-11H,1-4H3,(H,22,23). The Balaban J connectivity index is 2.31. The summed E-state index contributed by atoms with van der Waals surface area (Å²) >= 11 is 7.05. The summed E-state index contributed by atoms with van der Waals surface area (Å²) in [7, 11) is 0. The number of aromatic nitrogens is 1. The lowest BCUT2D eigenvalue weighted by Crippen LogP contribution is -2.41. The van der Waals surface area contributed by atoms with Gasteiger partial charge in [-0.3, -0.25) is 9.78 Å². The molecule has 1 amide bonds. The number of halogens is 2. The molecule has 0 aliphatic carbocycles. The first-order valence-electron chi connectivity index (χ1n) is 7.45. The fourth-order valence-corrected chi connectivity index (χ4v) is 3.87. The Morgan fingerprint density at radius 1 is 1.17 bits per heavy atom. The normalized spacial score (nSPS) is 11.6. The van der Waals surface area contributed by atoms with Gasteiger partial charge in [-0.1, -0.05) is 19.9 Å². The number of pyridine rings is 1. The zero-order valence-corrected chi connectivity index (χ0v) is 16.8. The van der Waals surface area contributed by atoms with Crippen LogP contribution in [0.5, 0.6) is 0 Å². The molecule has 5 heteroatoms. The Hall–Kier alpha value is -1.20. The van der Waals surface area contributed by atoms with Crippen molar-refractivity contribution in [1.29, 1.82) is 0 Å². The first kappa shape index (κ1) is 18.1. The maximum atomic E-state index is 12.8. The second-order valence-electron chi connectivity index (χ2n) is 6.31. The van der Waals surface area contributed by atoms with Crippen LogP contribution in [0.1, 0.15) is 55.2 Å². The molecule has 0 atom stereocenters. The van der Waals surface area contributed by atoms with E-state index < -0.39 is 5.54 Å². The predicted octanol–water partition coefficient (Wildman–Crippen LogP) is 5.40. The third-order valence-corrected chi connectivity index (χ3v) is 4.94. The predicted molar refractivity (Wildman–Crippen MR) is 101 cm³/mol. The molecule has 0 aliphatic heterocycles. The van der Waals surface area contributed by atoms with Gasteiger partial charge in [-0.25, -0.2) is 0 Å². The van der Waals surface area contributed by atoms with Crippen molar-refractivity contribution in [3.63, 3.8) is 0 Å². The molecule has 2 rings (SSSR count). The van der Waals surface area contributed by atoms with E-state index in [2.05, 4.69) is 56.0 Å². The van der Waals surface area contributed by atoms with E-state index in [9.17, 15) is 4.79 Å². The molecular weight excluding hydrogens is 420 g/mol. The van der Waals surface area contributed by atoms with Gasteiger partial charge in [-0.2, -0.15) is 0 Å². The first-order chi connectivity index (χ1) is 10.7. The molecule has 122 valence electrons. The van der Waals surface area contributed by atoms with Crippen LogP contribution in [-0.4, -0.2) is 10.9 Å². The van der Waals surface area contributed by atoms with Crippen LogP contribution in [0.4, 0.5) is 0 Å². The highest BCUT2D eigenvalue weighted by atomic mass is 79.9. The van der Waals surface area contributed by atoms with E-state index in [1.807, 2.05) is 44.2 Å². The SMILES string of the molecule is CC(C)c1cc(Br)c(C(=O)NC(C)(C)c2ccccn2)c(Br)c1. The van der Waals surface area contributed by atoms with Gasteiger partial charge in [-0.15, -0.1) is 0 Å². The van der Waals surface area contributed by atoms with Crippen molar-refractivity contribution in [2.24, 2.45) is 0 Å². The molecule has 1 aromatic heterocycles. The van der Waals surface area contributed by atoms with Gasteiger partial charge < -0.3 is 5.32 Å². The Kier molecular flexibility index (Phi) is 5.63. The maximum absolute atomic E-state index is 12.8. The van der Waals surface area contributed by atoms with Crippen LogP contribution in [0.3, 0.4) is 0 Å². The number of nitrogens with one attached hydrogen (secondary N) is 1. The monoisotopic (exact) mass is 438 g/mol. The van der Waals surface area contributed by atoms with Crippen LogP contribution < -0.4 is 5.32 Å². The minimum atomic E-state index is -0.562. The molecular formula is C18H20Br2N2O. The minimum absolute atomic E-state index is 0.144. The Morgan fingerprint density at radius 3 is 2.26 bits per heavy atom. The molecule has 0 radical (unpaired) electrons. The smallest absolute Gasteiger partial charge is 0.254 e. The summed E-state index contributed by atoms with van der Waals surface area (Å²) in [6.07, 6.45) is 1.73. The summed E-state index contributed by atoms with van der Waals surface area (Å²) in [5.41, 5.74) is 2.02. The van der Waals surface area contributed by atoms with Gasteiger partial charge in [0.05, 0.1) is 16.8 Å². The summed E-state index contributed by atoms with van der Waals surface area (Å²) in [6, 6.07) is 9.68. The van der Waals surface area contributed by atoms with E-state index in [4.69, 9.17) is 0 Å². The summed E-state index contributed by atoms with van der Waals surface area (Å²) in [6.45, 7) is 8.13. The molecule has 0 aliphatic rings. The number of benzene rings is 1. The van der Waals surface area contributed by atoms with Gasteiger partial charge in [0.2, 0.25) is 0 Å². The molecule has 0 unspecified atom stereocenters. The quantitative estimate of drug-likeness (QED) is 0.693. The van der Waals surface area contributed by atoms with Crippen molar-refractivity contribution in [2.45, 2.75) is 39.2 Å². The molecule has 3 nitrogen and oxygen atoms in total. The molecule has 1 N–H and O–H groups in total. The van der Waals surface area contributed by atoms with Gasteiger partial charge in [0.1, 0.15) is 0 Å². The van der Waals surface area contributed by atoms with Gasteiger partial charge in [0.15, 0.2) is 0 Å². The van der Waals surface area contributed by atoms with Crippen LogP contribution >= 0.6 is 31.9 Å². The molecule has 0 spiro atoms. The highest BCUT2D eigenvalue weighted by molar-refractivity contribution is 9.11. The van der Waals surface area contributed by atoms with E-state index in [-0.39, 0.29) is 5.91 Å². The van der Waals surface area contributed by atoms with Gasteiger partial charge in [0.25, 0.3) is 5.91 Å². The second-order valence-corrected chi connectivity index (χ2v) is 8.02. The van der Waals surface area contributed by atoms with Gasteiger partial charge in [-0.05, 0) is 81.5 Å². The van der Waals surface area contributed by atoms with Crippen molar-refractivity contribution >= 4 is 37.8 Å². The number of nitrogens with zero attached hydrogens (tertiary/aromatic N) is 1. The number of carbonyl (C=O) groups excluding carboxylic acids is 1. The Morgan fingerprint density at radius 2 is 1.78 bits per heavy atom. The number of hydrogen-bond acceptors (Lipinski definition) is 2. The van der Waals surface area contributed by atoms with Crippen LogP contribution in [0, 0.1) is 0 Å². The average Bonchev–Trinajstić information content (AvgIpc) is 2.46. The molecule has 0 fully saturated rings. The van der Waals surface area contributed by atoms with E-state index in [0.29, 0.717) is 11.5 Å². The number of amides is 1. The van der Waals surface area contributed by atoms with Crippen LogP contribution in [-0.2, 0) is 5.54 Å². The summed E-state index contributed by atoms with van der Waals surface area (Å²) < 4.78 is 1.56. The lowest BCUT2D eigenvalue weighted by molar-refractivity contribution is 0.0908. The van der Waals surface area contributed by atoms with E-state index in [1.165, 1.54) is 5.56 Å². The molecule has 1 aromatic carbocycles. The van der Waals surface area contributed by atoms with Crippen molar-refractivity contribution in [3.05, 3.63) is 62.3 Å². The zero-order valence-electron chi connectivity index (χ0n) is 13.7. The van der Waals surface area contributed by atoms with E-state index in [0.717, 1.165) is 14.6 Å². The topological polar surface area (TPSA) is 42.0 Å². The fourth-order valence-electron chi connectivity index (χ4n) is 2.29. The van der Waals surface area contributed by atoms with Gasteiger partial charge >= 0.3 is 0 Å². The molecule has 0 bridgehead atoms. The lowest BCUT2D eigenvalue weighted by Gasteiger charge is -2.26.